The Hall–Kier alpha value is -6.07. The van der Waals surface area contributed by atoms with Crippen LogP contribution in [0.1, 0.15) is 9.60 Å². The van der Waals surface area contributed by atoms with Gasteiger partial charge in [0, 0.05) is 38.2 Å². The Balaban J connectivity index is 1.33. The van der Waals surface area contributed by atoms with Crippen molar-refractivity contribution in [2.75, 3.05) is 0 Å². The Morgan fingerprint density at radius 2 is 1.07 bits per heavy atom. The van der Waals surface area contributed by atoms with E-state index in [0.717, 1.165) is 27.5 Å². The minimum atomic E-state index is -0.499. The summed E-state index contributed by atoms with van der Waals surface area (Å²) in [7, 11) is 0. The topological polar surface area (TPSA) is 65.0 Å². The lowest BCUT2D eigenvalue weighted by Gasteiger charge is -2.10. The van der Waals surface area contributed by atoms with Gasteiger partial charge in [-0.05, 0) is 41.4 Å². The number of furan rings is 2. The van der Waals surface area contributed by atoms with Gasteiger partial charge >= 0.3 is 0 Å². The molecule has 3 aromatic heterocycles. The van der Waals surface area contributed by atoms with Crippen LogP contribution in [0.4, 0.5) is 0 Å². The third kappa shape index (κ3) is 3.98. The SMILES string of the molecule is [2H]c1c([2H])c([2H])c2c(oc3c([2H])c([2H])c([2H])c(-c4nc(-c5ccc(-c6ccccc6)cc5)nc(-c5ccc6c(c5)oc5ccccc56)n4)c32)c1[2H]. The van der Waals surface area contributed by atoms with Crippen LogP contribution in [0.3, 0.4) is 0 Å². The molecular formula is C39H23N3O2. The highest BCUT2D eigenvalue weighted by Gasteiger charge is 2.18. The molecule has 5 heteroatoms. The van der Waals surface area contributed by atoms with E-state index in [1.807, 2.05) is 97.1 Å². The lowest BCUT2D eigenvalue weighted by Crippen LogP contribution is -2.00. The molecule has 0 N–H and O–H groups in total. The molecule has 0 fully saturated rings. The zero-order valence-corrected chi connectivity index (χ0v) is 22.9. The summed E-state index contributed by atoms with van der Waals surface area (Å²) in [5, 5.41) is 1.91. The van der Waals surface area contributed by atoms with Gasteiger partial charge in [-0.2, -0.15) is 0 Å². The van der Waals surface area contributed by atoms with Gasteiger partial charge in [0.15, 0.2) is 17.5 Å². The second-order valence-electron chi connectivity index (χ2n) is 10.3. The monoisotopic (exact) mass is 572 g/mol. The van der Waals surface area contributed by atoms with Crippen LogP contribution in [0.15, 0.2) is 148 Å². The molecule has 0 bridgehead atoms. The summed E-state index contributed by atoms with van der Waals surface area (Å²) in [6.45, 7) is 0. The summed E-state index contributed by atoms with van der Waals surface area (Å²) < 4.78 is 72.3. The molecule has 9 aromatic rings. The van der Waals surface area contributed by atoms with Crippen LogP contribution in [0, 0.1) is 0 Å². The first kappa shape index (κ1) is 18.5. The molecule has 9 rings (SSSR count). The molecule has 44 heavy (non-hydrogen) atoms. The average molecular weight is 573 g/mol. The molecule has 0 aliphatic heterocycles. The van der Waals surface area contributed by atoms with Gasteiger partial charge in [-0.25, -0.2) is 15.0 Å². The second kappa shape index (κ2) is 9.75. The highest BCUT2D eigenvalue weighted by Crippen LogP contribution is 2.37. The predicted molar refractivity (Wildman–Crippen MR) is 176 cm³/mol. The smallest absolute Gasteiger partial charge is 0.164 e. The highest BCUT2D eigenvalue weighted by atomic mass is 16.3. The third-order valence-corrected chi connectivity index (χ3v) is 7.69. The van der Waals surface area contributed by atoms with Crippen molar-refractivity contribution in [2.45, 2.75) is 0 Å². The van der Waals surface area contributed by atoms with Gasteiger partial charge in [0.1, 0.15) is 22.3 Å². The summed E-state index contributed by atoms with van der Waals surface area (Å²) >= 11 is 0. The van der Waals surface area contributed by atoms with Crippen LogP contribution in [0.5, 0.6) is 0 Å². The van der Waals surface area contributed by atoms with Crippen molar-refractivity contribution < 1.29 is 18.4 Å². The Kier molecular flexibility index (Phi) is 4.09. The largest absolute Gasteiger partial charge is 0.456 e. The summed E-state index contributed by atoms with van der Waals surface area (Å²) in [6, 6.07) is 27.9. The molecule has 0 saturated heterocycles. The number of hydrogen-bond acceptors (Lipinski definition) is 5. The molecule has 0 spiro atoms. The van der Waals surface area contributed by atoms with Crippen LogP contribution < -0.4 is 0 Å². The minimum absolute atomic E-state index is 0.00889. The molecule has 5 nitrogen and oxygen atoms in total. The van der Waals surface area contributed by atoms with E-state index in [2.05, 4.69) is 0 Å². The molecule has 0 atom stereocenters. The first-order valence-corrected chi connectivity index (χ1v) is 14.0. The molecule has 0 amide bonds. The van der Waals surface area contributed by atoms with Gasteiger partial charge in [0.25, 0.3) is 0 Å². The Labute approximate surface area is 261 Å². The lowest BCUT2D eigenvalue weighted by atomic mass is 10.0. The summed E-state index contributed by atoms with van der Waals surface area (Å²) in [6.07, 6.45) is 0. The number of rotatable bonds is 4. The normalized spacial score (nSPS) is 13.9. The number of hydrogen-bond donors (Lipinski definition) is 0. The molecule has 0 saturated carbocycles. The fourth-order valence-electron chi connectivity index (χ4n) is 5.58. The van der Waals surface area contributed by atoms with E-state index in [1.165, 1.54) is 0 Å². The number of nitrogens with zero attached hydrogens (tertiary/aromatic N) is 3. The predicted octanol–water partition coefficient (Wildman–Crippen LogP) is 10.3. The molecule has 6 aromatic carbocycles. The standard InChI is InChI=1S/C39H23N3O2/c1-2-9-24(10-3-1)25-17-19-26(20-18-25)37-40-38(27-21-22-29-28-11-4-6-14-32(28)44-35(29)23-27)42-39(41-37)31-13-8-16-34-36(31)30-12-5-7-15-33(30)43-34/h1-23H/i5D,7D,8D,12D,13D,15D,16D. The van der Waals surface area contributed by atoms with E-state index in [-0.39, 0.29) is 45.0 Å². The number of fused-ring (bicyclic) bond motifs is 6. The molecule has 0 aliphatic rings. The molecule has 206 valence electrons. The molecule has 0 radical (unpaired) electrons. The zero-order chi connectivity index (χ0) is 35.1. The fraction of sp³-hybridized carbons (Fsp3) is 0. The maximum Gasteiger partial charge on any atom is 0.164 e. The second-order valence-corrected chi connectivity index (χ2v) is 10.3. The fourth-order valence-corrected chi connectivity index (χ4v) is 5.58. The average Bonchev–Trinajstić information content (AvgIpc) is 3.75. The molecule has 0 aliphatic carbocycles. The van der Waals surface area contributed by atoms with Crippen LogP contribution in [0.2, 0.25) is 0 Å². The van der Waals surface area contributed by atoms with E-state index < -0.39 is 42.3 Å². The van der Waals surface area contributed by atoms with Crippen molar-refractivity contribution in [3.63, 3.8) is 0 Å². The first-order chi connectivity index (χ1) is 24.7. The lowest BCUT2D eigenvalue weighted by molar-refractivity contribution is 0.668. The van der Waals surface area contributed by atoms with Crippen molar-refractivity contribution in [1.29, 1.82) is 0 Å². The maximum absolute atomic E-state index is 9.08. The number of benzene rings is 6. The quantitative estimate of drug-likeness (QED) is 0.210. The van der Waals surface area contributed by atoms with Gasteiger partial charge in [-0.3, -0.25) is 0 Å². The van der Waals surface area contributed by atoms with E-state index in [4.69, 9.17) is 33.4 Å². The van der Waals surface area contributed by atoms with E-state index in [0.29, 0.717) is 16.7 Å². The number of para-hydroxylation sites is 2. The van der Waals surface area contributed by atoms with E-state index >= 15 is 0 Å². The van der Waals surface area contributed by atoms with Gasteiger partial charge in [0.05, 0.1) is 9.60 Å². The first-order valence-electron chi connectivity index (χ1n) is 17.5. The van der Waals surface area contributed by atoms with Gasteiger partial charge in [-0.15, -0.1) is 0 Å². The number of aromatic nitrogens is 3. The Bertz CT molecular complexity index is 2890. The van der Waals surface area contributed by atoms with E-state index in [1.54, 1.807) is 0 Å². The van der Waals surface area contributed by atoms with Crippen LogP contribution in [-0.4, -0.2) is 15.0 Å². The van der Waals surface area contributed by atoms with Crippen molar-refractivity contribution >= 4 is 43.9 Å². The van der Waals surface area contributed by atoms with E-state index in [9.17, 15) is 0 Å². The van der Waals surface area contributed by atoms with Crippen LogP contribution in [0.25, 0.3) is 89.2 Å². The summed E-state index contributed by atoms with van der Waals surface area (Å²) in [5.74, 6) is 0.488. The van der Waals surface area contributed by atoms with Crippen LogP contribution >= 0.6 is 0 Å². The third-order valence-electron chi connectivity index (χ3n) is 7.69. The highest BCUT2D eigenvalue weighted by molar-refractivity contribution is 6.12. The van der Waals surface area contributed by atoms with Crippen molar-refractivity contribution in [2.24, 2.45) is 0 Å². The summed E-state index contributed by atoms with van der Waals surface area (Å²) in [4.78, 5) is 14.5. The van der Waals surface area contributed by atoms with Gasteiger partial charge in [-0.1, -0.05) is 109 Å². The van der Waals surface area contributed by atoms with Gasteiger partial charge < -0.3 is 8.83 Å². The Morgan fingerprint density at radius 1 is 0.432 bits per heavy atom. The molecule has 3 heterocycles. The van der Waals surface area contributed by atoms with Gasteiger partial charge in [0.2, 0.25) is 0 Å². The summed E-state index contributed by atoms with van der Waals surface area (Å²) in [5.41, 5.74) is 4.27. The molecular weight excluding hydrogens is 542 g/mol. The molecule has 0 unspecified atom stereocenters. The Morgan fingerprint density at radius 3 is 1.95 bits per heavy atom. The van der Waals surface area contributed by atoms with Crippen molar-refractivity contribution in [3.8, 4) is 45.3 Å². The maximum atomic E-state index is 9.08. The van der Waals surface area contributed by atoms with Crippen LogP contribution in [-0.2, 0) is 0 Å². The van der Waals surface area contributed by atoms with Crippen molar-refractivity contribution in [3.05, 3.63) is 139 Å². The zero-order valence-electron chi connectivity index (χ0n) is 29.9. The minimum Gasteiger partial charge on any atom is -0.456 e. The van der Waals surface area contributed by atoms with Crippen molar-refractivity contribution in [1.82, 2.24) is 15.0 Å².